The molecule has 1 atom stereocenters. The number of amides is 1. The quantitative estimate of drug-likeness (QED) is 0.827. The van der Waals surface area contributed by atoms with Gasteiger partial charge in [-0.2, -0.15) is 0 Å². The average Bonchev–Trinajstić information content (AvgIpc) is 2.80. The fourth-order valence-corrected chi connectivity index (χ4v) is 4.26. The molecule has 0 aliphatic carbocycles. The van der Waals surface area contributed by atoms with Gasteiger partial charge in [-0.3, -0.25) is 4.79 Å². The van der Waals surface area contributed by atoms with Gasteiger partial charge in [0.1, 0.15) is 4.88 Å². The maximum absolute atomic E-state index is 13.0. The van der Waals surface area contributed by atoms with Crippen molar-refractivity contribution < 1.29 is 9.53 Å². The van der Waals surface area contributed by atoms with Gasteiger partial charge in [0.25, 0.3) is 5.91 Å². The van der Waals surface area contributed by atoms with Crippen molar-refractivity contribution in [2.75, 3.05) is 13.2 Å². The first-order valence-electron chi connectivity index (χ1n) is 8.29. The Labute approximate surface area is 137 Å². The summed E-state index contributed by atoms with van der Waals surface area (Å²) >= 11 is 1.57. The minimum atomic E-state index is -0.146. The predicted molar refractivity (Wildman–Crippen MR) is 90.6 cm³/mol. The number of hydrogen-bond acceptors (Lipinski definition) is 4. The average molecular weight is 324 g/mol. The Morgan fingerprint density at radius 3 is 2.77 bits per heavy atom. The van der Waals surface area contributed by atoms with E-state index in [-0.39, 0.29) is 17.6 Å². The van der Waals surface area contributed by atoms with Gasteiger partial charge < -0.3 is 9.64 Å². The summed E-state index contributed by atoms with van der Waals surface area (Å²) < 4.78 is 5.79. The lowest BCUT2D eigenvalue weighted by Crippen LogP contribution is -2.48. The van der Waals surface area contributed by atoms with Gasteiger partial charge in [-0.05, 0) is 53.4 Å². The number of thiazole rings is 1. The fourth-order valence-electron chi connectivity index (χ4n) is 3.14. The van der Waals surface area contributed by atoms with Gasteiger partial charge >= 0.3 is 0 Å². The highest BCUT2D eigenvalue weighted by molar-refractivity contribution is 7.13. The van der Waals surface area contributed by atoms with E-state index in [1.54, 1.807) is 11.3 Å². The molecule has 0 saturated carbocycles. The monoisotopic (exact) mass is 324 g/mol. The predicted octanol–water partition coefficient (Wildman–Crippen LogP) is 3.82. The molecule has 1 amide bonds. The summed E-state index contributed by atoms with van der Waals surface area (Å²) in [5.41, 5.74) is 0.732. The molecular weight excluding hydrogens is 296 g/mol. The molecule has 1 aliphatic heterocycles. The molecule has 22 heavy (non-hydrogen) atoms. The maximum atomic E-state index is 13.0. The first-order valence-corrected chi connectivity index (χ1v) is 9.10. The number of carbonyl (C=O) groups is 1. The molecule has 2 heterocycles. The van der Waals surface area contributed by atoms with Crippen LogP contribution in [0, 0.1) is 6.92 Å². The van der Waals surface area contributed by atoms with Crippen LogP contribution in [-0.4, -0.2) is 40.6 Å². The Morgan fingerprint density at radius 2 is 2.18 bits per heavy atom. The molecule has 1 aliphatic rings. The van der Waals surface area contributed by atoms with Crippen molar-refractivity contribution in [1.82, 2.24) is 9.88 Å². The van der Waals surface area contributed by atoms with Crippen LogP contribution in [-0.2, 0) is 11.2 Å². The van der Waals surface area contributed by atoms with Gasteiger partial charge in [-0.15, -0.1) is 11.3 Å². The molecule has 4 nitrogen and oxygen atoms in total. The third-order valence-corrected chi connectivity index (χ3v) is 5.42. The molecular formula is C17H28N2O2S. The van der Waals surface area contributed by atoms with E-state index in [9.17, 15) is 4.79 Å². The van der Waals surface area contributed by atoms with E-state index in [1.807, 2.05) is 11.8 Å². The molecule has 1 fully saturated rings. The lowest BCUT2D eigenvalue weighted by Gasteiger charge is -2.40. The Balaban J connectivity index is 2.18. The fraction of sp³-hybridized carbons (Fsp3) is 0.765. The van der Waals surface area contributed by atoms with Crippen molar-refractivity contribution >= 4 is 17.2 Å². The van der Waals surface area contributed by atoms with Crippen LogP contribution in [0.25, 0.3) is 0 Å². The van der Waals surface area contributed by atoms with E-state index in [0.717, 1.165) is 54.4 Å². The second kappa shape index (κ2) is 7.09. The van der Waals surface area contributed by atoms with Crippen LogP contribution in [0.2, 0.25) is 0 Å². The number of carbonyl (C=O) groups excluding carboxylic acids is 1. The molecule has 0 radical (unpaired) electrons. The highest BCUT2D eigenvalue weighted by Crippen LogP contribution is 2.29. The molecule has 0 N–H and O–H groups in total. The summed E-state index contributed by atoms with van der Waals surface area (Å²) in [7, 11) is 0. The first kappa shape index (κ1) is 17.4. The van der Waals surface area contributed by atoms with Crippen LogP contribution in [0.4, 0.5) is 0 Å². The lowest BCUT2D eigenvalue weighted by molar-refractivity contribution is -0.0776. The van der Waals surface area contributed by atoms with Crippen molar-refractivity contribution in [1.29, 1.82) is 0 Å². The highest BCUT2D eigenvalue weighted by atomic mass is 32.1. The third-order valence-electron chi connectivity index (χ3n) is 4.21. The Morgan fingerprint density at radius 1 is 1.45 bits per heavy atom. The Kier molecular flexibility index (Phi) is 5.61. The standard InChI is InChI=1S/C17H28N2O2S/c1-6-8-14-18-12(3)15(22-14)16(20)19(7-2)13-9-10-21-17(4,5)11-13/h13H,6-11H2,1-5H3. The second-order valence-corrected chi connectivity index (χ2v) is 7.70. The van der Waals surface area contributed by atoms with E-state index < -0.39 is 0 Å². The Hall–Kier alpha value is -0.940. The minimum absolute atomic E-state index is 0.141. The molecule has 1 aromatic heterocycles. The van der Waals surface area contributed by atoms with Crippen LogP contribution < -0.4 is 0 Å². The minimum Gasteiger partial charge on any atom is -0.375 e. The van der Waals surface area contributed by atoms with Gasteiger partial charge in [-0.1, -0.05) is 6.92 Å². The molecule has 0 bridgehead atoms. The summed E-state index contributed by atoms with van der Waals surface area (Å²) in [6.07, 6.45) is 3.83. The van der Waals surface area contributed by atoms with Crippen LogP contribution >= 0.6 is 11.3 Å². The normalized spacial score (nSPS) is 20.9. The van der Waals surface area contributed by atoms with Crippen LogP contribution in [0.5, 0.6) is 0 Å². The van der Waals surface area contributed by atoms with E-state index in [2.05, 4.69) is 32.7 Å². The molecule has 1 aromatic rings. The molecule has 0 aromatic carbocycles. The summed E-state index contributed by atoms with van der Waals surface area (Å²) in [6, 6.07) is 0.261. The number of aryl methyl sites for hydroxylation is 2. The lowest BCUT2D eigenvalue weighted by atomic mass is 9.92. The topological polar surface area (TPSA) is 42.4 Å². The number of aromatic nitrogens is 1. The number of nitrogens with zero attached hydrogens (tertiary/aromatic N) is 2. The van der Waals surface area contributed by atoms with Gasteiger partial charge in [0.2, 0.25) is 0 Å². The number of rotatable bonds is 5. The third kappa shape index (κ3) is 3.87. The van der Waals surface area contributed by atoms with Crippen molar-refractivity contribution in [2.45, 2.75) is 71.9 Å². The zero-order chi connectivity index (χ0) is 16.3. The van der Waals surface area contributed by atoms with E-state index >= 15 is 0 Å². The summed E-state index contributed by atoms with van der Waals surface area (Å²) in [4.78, 5) is 20.4. The Bertz CT molecular complexity index is 525. The molecule has 2 rings (SSSR count). The van der Waals surface area contributed by atoms with Gasteiger partial charge in [0.15, 0.2) is 0 Å². The van der Waals surface area contributed by atoms with Gasteiger partial charge in [-0.25, -0.2) is 4.98 Å². The highest BCUT2D eigenvalue weighted by Gasteiger charge is 2.34. The van der Waals surface area contributed by atoms with E-state index in [0.29, 0.717) is 0 Å². The van der Waals surface area contributed by atoms with E-state index in [4.69, 9.17) is 4.74 Å². The summed E-state index contributed by atoms with van der Waals surface area (Å²) in [5.74, 6) is 0.141. The maximum Gasteiger partial charge on any atom is 0.266 e. The first-order chi connectivity index (χ1) is 10.4. The second-order valence-electron chi connectivity index (χ2n) is 6.62. The molecule has 0 spiro atoms. The van der Waals surface area contributed by atoms with Crippen molar-refractivity contribution in [3.8, 4) is 0 Å². The van der Waals surface area contributed by atoms with Crippen LogP contribution in [0.3, 0.4) is 0 Å². The zero-order valence-corrected chi connectivity index (χ0v) is 15.3. The molecule has 124 valence electrons. The summed E-state index contributed by atoms with van der Waals surface area (Å²) in [5, 5.41) is 1.08. The molecule has 5 heteroatoms. The van der Waals surface area contributed by atoms with Gasteiger partial charge in [0, 0.05) is 19.2 Å². The van der Waals surface area contributed by atoms with Crippen LogP contribution in [0.15, 0.2) is 0 Å². The number of ether oxygens (including phenoxy) is 1. The molecule has 1 saturated heterocycles. The smallest absolute Gasteiger partial charge is 0.266 e. The largest absolute Gasteiger partial charge is 0.375 e. The van der Waals surface area contributed by atoms with E-state index in [1.165, 1.54) is 0 Å². The van der Waals surface area contributed by atoms with Crippen molar-refractivity contribution in [2.24, 2.45) is 0 Å². The molecule has 1 unspecified atom stereocenters. The van der Waals surface area contributed by atoms with Crippen molar-refractivity contribution in [3.05, 3.63) is 15.6 Å². The number of hydrogen-bond donors (Lipinski definition) is 0. The van der Waals surface area contributed by atoms with Gasteiger partial charge in [0.05, 0.1) is 16.3 Å². The van der Waals surface area contributed by atoms with Crippen molar-refractivity contribution in [3.63, 3.8) is 0 Å². The summed E-state index contributed by atoms with van der Waals surface area (Å²) in [6.45, 7) is 11.8. The zero-order valence-electron chi connectivity index (χ0n) is 14.4. The SMILES string of the molecule is CCCc1nc(C)c(C(=O)N(CC)C2CCOC(C)(C)C2)s1. The van der Waals surface area contributed by atoms with Crippen LogP contribution in [0.1, 0.15) is 67.3 Å².